The zero-order valence-corrected chi connectivity index (χ0v) is 10.1. The molecule has 3 nitrogen and oxygen atoms in total. The van der Waals surface area contributed by atoms with E-state index in [1.54, 1.807) is 0 Å². The van der Waals surface area contributed by atoms with E-state index in [1.807, 2.05) is 18.2 Å². The zero-order chi connectivity index (χ0) is 11.8. The van der Waals surface area contributed by atoms with E-state index >= 15 is 0 Å². The third-order valence-electron chi connectivity index (χ3n) is 3.35. The first-order valence-corrected chi connectivity index (χ1v) is 6.10. The van der Waals surface area contributed by atoms with Crippen LogP contribution in [0.2, 0.25) is 5.02 Å². The van der Waals surface area contributed by atoms with Gasteiger partial charge in [-0.25, -0.2) is 0 Å². The van der Waals surface area contributed by atoms with Crippen LogP contribution < -0.4 is 0 Å². The van der Waals surface area contributed by atoms with Crippen molar-refractivity contribution in [2.75, 3.05) is 13.1 Å². The van der Waals surface area contributed by atoms with Gasteiger partial charge in [-0.2, -0.15) is 0 Å². The first-order valence-electron chi connectivity index (χ1n) is 5.73. The molecule has 0 radical (unpaired) electrons. The lowest BCUT2D eigenvalue weighted by Gasteiger charge is -2.24. The van der Waals surface area contributed by atoms with Crippen LogP contribution in [0.4, 0.5) is 0 Å². The highest BCUT2D eigenvalue weighted by atomic mass is 35.5. The standard InChI is InChI=1S/C13H13ClN2O/c14-9-1-2-12-11(7-9)10-3-4-16(5-6-17)8-13(10)15-12/h1-2,6-7,15H,3-5,8H2. The van der Waals surface area contributed by atoms with Gasteiger partial charge in [0, 0.05) is 34.7 Å². The summed E-state index contributed by atoms with van der Waals surface area (Å²) in [6.45, 7) is 2.27. The SMILES string of the molecule is O=CCN1CCc2c([nH]c3ccc(Cl)cc23)C1. The molecule has 3 rings (SSSR count). The van der Waals surface area contributed by atoms with Gasteiger partial charge < -0.3 is 9.78 Å². The Morgan fingerprint density at radius 2 is 2.35 bits per heavy atom. The molecule has 0 spiro atoms. The number of aldehydes is 1. The maximum atomic E-state index is 10.5. The average Bonchev–Trinajstić information content (AvgIpc) is 2.66. The highest BCUT2D eigenvalue weighted by Gasteiger charge is 2.19. The second kappa shape index (κ2) is 4.17. The van der Waals surface area contributed by atoms with Crippen LogP contribution in [0.1, 0.15) is 11.3 Å². The lowest BCUT2D eigenvalue weighted by molar-refractivity contribution is -0.109. The van der Waals surface area contributed by atoms with Gasteiger partial charge in [-0.3, -0.25) is 4.90 Å². The highest BCUT2D eigenvalue weighted by Crippen LogP contribution is 2.29. The molecule has 0 unspecified atom stereocenters. The van der Waals surface area contributed by atoms with E-state index in [4.69, 9.17) is 11.6 Å². The van der Waals surface area contributed by atoms with Crippen molar-refractivity contribution in [2.45, 2.75) is 13.0 Å². The number of halogens is 1. The number of hydrogen-bond acceptors (Lipinski definition) is 2. The number of fused-ring (bicyclic) bond motifs is 3. The molecule has 0 saturated carbocycles. The largest absolute Gasteiger partial charge is 0.357 e. The molecule has 1 N–H and O–H groups in total. The number of hydrogen-bond donors (Lipinski definition) is 1. The van der Waals surface area contributed by atoms with Crippen LogP contribution in [0.3, 0.4) is 0 Å². The van der Waals surface area contributed by atoms with E-state index in [9.17, 15) is 4.79 Å². The first-order chi connectivity index (χ1) is 8.28. The summed E-state index contributed by atoms with van der Waals surface area (Å²) < 4.78 is 0. The molecule has 1 aromatic carbocycles. The molecule has 0 amide bonds. The van der Waals surface area contributed by atoms with E-state index in [0.717, 1.165) is 36.3 Å². The van der Waals surface area contributed by atoms with Gasteiger partial charge >= 0.3 is 0 Å². The maximum Gasteiger partial charge on any atom is 0.133 e. The number of nitrogens with zero attached hydrogens (tertiary/aromatic N) is 1. The molecular weight excluding hydrogens is 236 g/mol. The minimum Gasteiger partial charge on any atom is -0.357 e. The van der Waals surface area contributed by atoms with Gasteiger partial charge in [-0.1, -0.05) is 11.6 Å². The van der Waals surface area contributed by atoms with E-state index < -0.39 is 0 Å². The number of aromatic nitrogens is 1. The Hall–Kier alpha value is -1.32. The molecule has 1 aliphatic heterocycles. The van der Waals surface area contributed by atoms with Gasteiger partial charge in [-0.05, 0) is 30.2 Å². The number of rotatable bonds is 2. The van der Waals surface area contributed by atoms with Crippen molar-refractivity contribution in [1.82, 2.24) is 9.88 Å². The predicted octanol–water partition coefficient (Wildman–Crippen LogP) is 2.38. The van der Waals surface area contributed by atoms with Gasteiger partial charge in [0.25, 0.3) is 0 Å². The van der Waals surface area contributed by atoms with Crippen LogP contribution >= 0.6 is 11.6 Å². The van der Waals surface area contributed by atoms with E-state index in [1.165, 1.54) is 16.6 Å². The smallest absolute Gasteiger partial charge is 0.133 e. The van der Waals surface area contributed by atoms with Gasteiger partial charge in [-0.15, -0.1) is 0 Å². The molecule has 88 valence electrons. The summed E-state index contributed by atoms with van der Waals surface area (Å²) in [5.74, 6) is 0. The van der Waals surface area contributed by atoms with Crippen LogP contribution in [0.25, 0.3) is 10.9 Å². The molecule has 2 aromatic rings. The van der Waals surface area contributed by atoms with Gasteiger partial charge in [0.15, 0.2) is 0 Å². The van der Waals surface area contributed by atoms with Crippen molar-refractivity contribution in [2.24, 2.45) is 0 Å². The van der Waals surface area contributed by atoms with Crippen molar-refractivity contribution >= 4 is 28.8 Å². The second-order valence-corrected chi connectivity index (χ2v) is 4.86. The maximum absolute atomic E-state index is 10.5. The Morgan fingerprint density at radius 3 is 3.18 bits per heavy atom. The monoisotopic (exact) mass is 248 g/mol. The van der Waals surface area contributed by atoms with Crippen LogP contribution in [0.15, 0.2) is 18.2 Å². The lowest BCUT2D eigenvalue weighted by Crippen LogP contribution is -2.31. The Kier molecular flexibility index (Phi) is 2.65. The molecule has 0 saturated heterocycles. The average molecular weight is 249 g/mol. The van der Waals surface area contributed by atoms with Crippen molar-refractivity contribution in [3.63, 3.8) is 0 Å². The number of benzene rings is 1. The van der Waals surface area contributed by atoms with Gasteiger partial charge in [0.1, 0.15) is 6.29 Å². The summed E-state index contributed by atoms with van der Waals surface area (Å²) in [6.07, 6.45) is 1.94. The number of carbonyl (C=O) groups is 1. The fourth-order valence-corrected chi connectivity index (χ4v) is 2.70. The predicted molar refractivity (Wildman–Crippen MR) is 68.4 cm³/mol. The van der Waals surface area contributed by atoms with Crippen LogP contribution in [-0.4, -0.2) is 29.3 Å². The van der Waals surface area contributed by atoms with Crippen LogP contribution in [0.5, 0.6) is 0 Å². The first kappa shape index (κ1) is 10.8. The Labute approximate surface area is 104 Å². The highest BCUT2D eigenvalue weighted by molar-refractivity contribution is 6.31. The van der Waals surface area contributed by atoms with Crippen LogP contribution in [0, 0.1) is 0 Å². The fraction of sp³-hybridized carbons (Fsp3) is 0.308. The molecule has 1 aliphatic rings. The minimum atomic E-state index is 0.509. The summed E-state index contributed by atoms with van der Waals surface area (Å²) in [6, 6.07) is 5.93. The number of nitrogens with one attached hydrogen (secondary N) is 1. The molecule has 0 fully saturated rings. The van der Waals surface area contributed by atoms with Crippen molar-refractivity contribution in [3.05, 3.63) is 34.5 Å². The van der Waals surface area contributed by atoms with Gasteiger partial charge in [0.05, 0.1) is 6.54 Å². The summed E-state index contributed by atoms with van der Waals surface area (Å²) in [4.78, 5) is 16.1. The molecule has 17 heavy (non-hydrogen) atoms. The summed E-state index contributed by atoms with van der Waals surface area (Å²) in [5, 5.41) is 1.99. The van der Waals surface area contributed by atoms with E-state index in [0.29, 0.717) is 6.54 Å². The summed E-state index contributed by atoms with van der Waals surface area (Å²) in [5.41, 5.74) is 3.70. The van der Waals surface area contributed by atoms with Gasteiger partial charge in [0.2, 0.25) is 0 Å². The molecule has 0 atom stereocenters. The van der Waals surface area contributed by atoms with E-state index in [2.05, 4.69) is 9.88 Å². The number of carbonyl (C=O) groups excluding carboxylic acids is 1. The molecule has 1 aromatic heterocycles. The molecule has 4 heteroatoms. The molecular formula is C13H13ClN2O. The van der Waals surface area contributed by atoms with Crippen molar-refractivity contribution < 1.29 is 4.79 Å². The van der Waals surface area contributed by atoms with Crippen molar-refractivity contribution in [3.8, 4) is 0 Å². The van der Waals surface area contributed by atoms with Crippen molar-refractivity contribution in [1.29, 1.82) is 0 Å². The molecule has 2 heterocycles. The third kappa shape index (κ3) is 1.85. The fourth-order valence-electron chi connectivity index (χ4n) is 2.53. The van der Waals surface area contributed by atoms with E-state index in [-0.39, 0.29) is 0 Å². The number of H-pyrrole nitrogens is 1. The Bertz CT molecular complexity index is 576. The quantitative estimate of drug-likeness (QED) is 0.829. The second-order valence-electron chi connectivity index (χ2n) is 4.42. The normalized spacial score (nSPS) is 16.1. The third-order valence-corrected chi connectivity index (χ3v) is 3.58. The van der Waals surface area contributed by atoms with Crippen LogP contribution in [-0.2, 0) is 17.8 Å². The minimum absolute atomic E-state index is 0.509. The molecule has 0 aliphatic carbocycles. The molecule has 0 bridgehead atoms. The Balaban J connectivity index is 2.04. The topological polar surface area (TPSA) is 36.1 Å². The lowest BCUT2D eigenvalue weighted by atomic mass is 10.0. The summed E-state index contributed by atoms with van der Waals surface area (Å²) >= 11 is 6.03. The Morgan fingerprint density at radius 1 is 1.47 bits per heavy atom. The zero-order valence-electron chi connectivity index (χ0n) is 9.37. The summed E-state index contributed by atoms with van der Waals surface area (Å²) in [7, 11) is 0. The number of aromatic amines is 1.